The number of hydrogen-bond acceptors (Lipinski definition) is 7. The van der Waals surface area contributed by atoms with Crippen molar-refractivity contribution < 1.29 is 14.5 Å². The number of rotatable bonds is 5. The number of aryl methyl sites for hydroxylation is 1. The van der Waals surface area contributed by atoms with Crippen molar-refractivity contribution in [3.05, 3.63) is 86.6 Å². The molecule has 2 aromatic heterocycles. The molecule has 0 bridgehead atoms. The number of carbonyl (C=O) groups is 2. The predicted molar refractivity (Wildman–Crippen MR) is 123 cm³/mol. The maximum atomic E-state index is 12.8. The Morgan fingerprint density at radius 3 is 2.65 bits per heavy atom. The molecule has 0 fully saturated rings. The molecule has 12 nitrogen and oxygen atoms in total. The van der Waals surface area contributed by atoms with E-state index in [1.165, 1.54) is 29.1 Å². The number of hydrogen-bond donors (Lipinski definition) is 2. The van der Waals surface area contributed by atoms with Gasteiger partial charge in [-0.25, -0.2) is 14.5 Å². The molecular weight excluding hydrogens is 442 g/mol. The number of para-hydroxylation sites is 2. The Labute approximate surface area is 192 Å². The second-order valence-electron chi connectivity index (χ2n) is 7.47. The topological polar surface area (TPSA) is 154 Å². The number of aromatic nitrogens is 4. The van der Waals surface area contributed by atoms with Gasteiger partial charge in [0.25, 0.3) is 11.2 Å². The molecule has 2 heterocycles. The van der Waals surface area contributed by atoms with E-state index >= 15 is 0 Å². The van der Waals surface area contributed by atoms with Gasteiger partial charge in [0, 0.05) is 11.8 Å². The Morgan fingerprint density at radius 2 is 1.88 bits per heavy atom. The number of benzene rings is 2. The molecule has 0 aliphatic carbocycles. The molecule has 12 heteroatoms. The highest BCUT2D eigenvalue weighted by molar-refractivity contribution is 6.01. The van der Waals surface area contributed by atoms with Crippen molar-refractivity contribution in [3.8, 4) is 5.69 Å². The van der Waals surface area contributed by atoms with Gasteiger partial charge >= 0.3 is 6.03 Å². The van der Waals surface area contributed by atoms with Gasteiger partial charge in [0.15, 0.2) is 5.65 Å². The summed E-state index contributed by atoms with van der Waals surface area (Å²) in [5.74, 6) is -0.725. The van der Waals surface area contributed by atoms with Gasteiger partial charge in [-0.3, -0.25) is 29.6 Å². The second-order valence-corrected chi connectivity index (χ2v) is 7.47. The third kappa shape index (κ3) is 4.24. The average molecular weight is 461 g/mol. The molecule has 0 saturated heterocycles. The van der Waals surface area contributed by atoms with Crippen LogP contribution in [0.5, 0.6) is 0 Å². The molecule has 2 aromatic carbocycles. The van der Waals surface area contributed by atoms with Gasteiger partial charge in [0.05, 0.1) is 11.1 Å². The lowest BCUT2D eigenvalue weighted by atomic mass is 10.1. The third-order valence-corrected chi connectivity index (χ3v) is 5.28. The van der Waals surface area contributed by atoms with E-state index in [2.05, 4.69) is 20.7 Å². The summed E-state index contributed by atoms with van der Waals surface area (Å²) in [6, 6.07) is 10.6. The Bertz CT molecular complexity index is 1510. The SMILES string of the molecule is Cc1cccc(NC(=O)NC(=O)Cn2cnc3c(cnn3-c3ccccc3[N+](=O)[O-])c2=O)c1C. The van der Waals surface area contributed by atoms with Crippen molar-refractivity contribution in [1.82, 2.24) is 24.6 Å². The first-order valence-electron chi connectivity index (χ1n) is 10.1. The number of nitro benzene ring substituents is 1. The molecule has 0 unspecified atom stereocenters. The monoisotopic (exact) mass is 461 g/mol. The molecule has 0 aliphatic heterocycles. The second kappa shape index (κ2) is 8.94. The minimum absolute atomic E-state index is 0.0632. The van der Waals surface area contributed by atoms with Crippen LogP contribution in [0.2, 0.25) is 0 Å². The van der Waals surface area contributed by atoms with Gasteiger partial charge in [0.2, 0.25) is 5.91 Å². The highest BCUT2D eigenvalue weighted by Crippen LogP contribution is 2.24. The molecule has 0 radical (unpaired) electrons. The Hall–Kier alpha value is -4.87. The summed E-state index contributed by atoms with van der Waals surface area (Å²) in [4.78, 5) is 52.3. The molecule has 0 aliphatic rings. The summed E-state index contributed by atoms with van der Waals surface area (Å²) in [5, 5.41) is 20.3. The zero-order valence-electron chi connectivity index (χ0n) is 18.2. The molecule has 34 heavy (non-hydrogen) atoms. The lowest BCUT2D eigenvalue weighted by Crippen LogP contribution is -2.38. The van der Waals surface area contributed by atoms with Crippen LogP contribution in [-0.2, 0) is 11.3 Å². The highest BCUT2D eigenvalue weighted by atomic mass is 16.6. The summed E-state index contributed by atoms with van der Waals surface area (Å²) in [7, 11) is 0. The van der Waals surface area contributed by atoms with E-state index < -0.39 is 29.0 Å². The zero-order valence-corrected chi connectivity index (χ0v) is 18.2. The normalized spacial score (nSPS) is 10.8. The van der Waals surface area contributed by atoms with Gasteiger partial charge in [-0.15, -0.1) is 0 Å². The minimum atomic E-state index is -0.731. The summed E-state index contributed by atoms with van der Waals surface area (Å²) in [6.07, 6.45) is 2.35. The number of amides is 3. The number of fused-ring (bicyclic) bond motifs is 1. The molecule has 0 atom stereocenters. The van der Waals surface area contributed by atoms with Crippen LogP contribution in [0.15, 0.2) is 59.8 Å². The van der Waals surface area contributed by atoms with Crippen molar-refractivity contribution in [2.45, 2.75) is 20.4 Å². The number of nitro groups is 1. The van der Waals surface area contributed by atoms with Crippen LogP contribution >= 0.6 is 0 Å². The van der Waals surface area contributed by atoms with Crippen LogP contribution in [0.3, 0.4) is 0 Å². The quantitative estimate of drug-likeness (QED) is 0.342. The number of nitrogens with one attached hydrogen (secondary N) is 2. The van der Waals surface area contributed by atoms with E-state index in [0.29, 0.717) is 5.69 Å². The smallest absolute Gasteiger partial charge is 0.307 e. The molecule has 3 amide bonds. The fraction of sp³-hybridized carbons (Fsp3) is 0.136. The maximum Gasteiger partial charge on any atom is 0.325 e. The van der Waals surface area contributed by atoms with Gasteiger partial charge in [-0.05, 0) is 37.1 Å². The van der Waals surface area contributed by atoms with Gasteiger partial charge < -0.3 is 5.32 Å². The third-order valence-electron chi connectivity index (χ3n) is 5.28. The van der Waals surface area contributed by atoms with Crippen LogP contribution < -0.4 is 16.2 Å². The average Bonchev–Trinajstić information content (AvgIpc) is 3.23. The van der Waals surface area contributed by atoms with E-state index in [9.17, 15) is 24.5 Å². The first kappa shape index (κ1) is 22.3. The molecule has 4 rings (SSSR count). The number of urea groups is 1. The van der Waals surface area contributed by atoms with E-state index in [-0.39, 0.29) is 22.4 Å². The van der Waals surface area contributed by atoms with Crippen LogP contribution in [0, 0.1) is 24.0 Å². The van der Waals surface area contributed by atoms with E-state index in [4.69, 9.17) is 0 Å². The van der Waals surface area contributed by atoms with E-state index in [1.807, 2.05) is 19.9 Å². The standard InChI is InChI=1S/C22H19N7O5/c1-13-6-5-7-16(14(13)2)25-22(32)26-19(30)11-27-12-23-20-15(21(27)31)10-24-28(20)17-8-3-4-9-18(17)29(33)34/h3-10,12H,11H2,1-2H3,(H2,25,26,30,32). The molecule has 172 valence electrons. The first-order valence-corrected chi connectivity index (χ1v) is 10.1. The van der Waals surface area contributed by atoms with Crippen molar-refractivity contribution in [2.24, 2.45) is 0 Å². The lowest BCUT2D eigenvalue weighted by molar-refractivity contribution is -0.384. The van der Waals surface area contributed by atoms with Crippen LogP contribution in [0.4, 0.5) is 16.2 Å². The van der Waals surface area contributed by atoms with Crippen molar-refractivity contribution in [1.29, 1.82) is 0 Å². The Kier molecular flexibility index (Phi) is 5.87. The van der Waals surface area contributed by atoms with Crippen molar-refractivity contribution in [3.63, 3.8) is 0 Å². The summed E-state index contributed by atoms with van der Waals surface area (Å²) in [5.41, 5.74) is 1.88. The maximum absolute atomic E-state index is 12.8. The van der Waals surface area contributed by atoms with E-state index in [0.717, 1.165) is 22.0 Å². The minimum Gasteiger partial charge on any atom is -0.307 e. The summed E-state index contributed by atoms with van der Waals surface area (Å²) >= 11 is 0. The van der Waals surface area contributed by atoms with Crippen LogP contribution in [-0.4, -0.2) is 36.2 Å². The van der Waals surface area contributed by atoms with Crippen LogP contribution in [0.25, 0.3) is 16.7 Å². The highest BCUT2D eigenvalue weighted by Gasteiger charge is 2.20. The number of anilines is 1. The predicted octanol–water partition coefficient (Wildman–Crippen LogP) is 2.46. The van der Waals surface area contributed by atoms with Crippen molar-refractivity contribution in [2.75, 3.05) is 5.32 Å². The molecule has 2 N–H and O–H groups in total. The zero-order chi connectivity index (χ0) is 24.4. The summed E-state index contributed by atoms with van der Waals surface area (Å²) < 4.78 is 2.21. The van der Waals surface area contributed by atoms with Crippen LogP contribution in [0.1, 0.15) is 11.1 Å². The fourth-order valence-electron chi connectivity index (χ4n) is 3.40. The molecule has 4 aromatic rings. The Balaban J connectivity index is 1.53. The van der Waals surface area contributed by atoms with Crippen molar-refractivity contribution >= 4 is 34.3 Å². The van der Waals surface area contributed by atoms with Gasteiger partial charge in [-0.1, -0.05) is 24.3 Å². The summed E-state index contributed by atoms with van der Waals surface area (Å²) in [6.45, 7) is 3.29. The lowest BCUT2D eigenvalue weighted by Gasteiger charge is -2.11. The number of nitrogens with zero attached hydrogens (tertiary/aromatic N) is 5. The molecular formula is C22H19N7O5. The van der Waals surface area contributed by atoms with E-state index in [1.54, 1.807) is 18.2 Å². The van der Waals surface area contributed by atoms with Gasteiger partial charge in [-0.2, -0.15) is 5.10 Å². The first-order chi connectivity index (χ1) is 16.3. The van der Waals surface area contributed by atoms with Gasteiger partial charge in [0.1, 0.15) is 23.9 Å². The fourth-order valence-corrected chi connectivity index (χ4v) is 3.40. The number of imide groups is 1. The molecule has 0 saturated carbocycles. The number of carbonyl (C=O) groups excluding carboxylic acids is 2. The molecule has 0 spiro atoms. The Morgan fingerprint density at radius 1 is 1.12 bits per heavy atom. The largest absolute Gasteiger partial charge is 0.325 e.